The van der Waals surface area contributed by atoms with Gasteiger partial charge in [0.25, 0.3) is 0 Å². The van der Waals surface area contributed by atoms with E-state index in [1.807, 2.05) is 30.3 Å². The predicted octanol–water partition coefficient (Wildman–Crippen LogP) is 2.13. The summed E-state index contributed by atoms with van der Waals surface area (Å²) in [6, 6.07) is 9.86. The lowest BCUT2D eigenvalue weighted by molar-refractivity contribution is 0.102. The molecule has 0 fully saturated rings. The first-order chi connectivity index (χ1) is 5.47. The Kier molecular flexibility index (Phi) is 1.65. The third kappa shape index (κ3) is 1.28. The van der Waals surface area contributed by atoms with Crippen molar-refractivity contribution in [3.63, 3.8) is 0 Å². The lowest BCUT2D eigenvalue weighted by Gasteiger charge is -2.03. The van der Waals surface area contributed by atoms with E-state index in [0.29, 0.717) is 6.73 Å². The molecular formula is C8H8N2O. The Balaban J connectivity index is 2.23. The molecule has 1 aliphatic rings. The van der Waals surface area contributed by atoms with Gasteiger partial charge in [0.15, 0.2) is 13.0 Å². The summed E-state index contributed by atoms with van der Waals surface area (Å²) in [5.74, 6) is 0. The highest BCUT2D eigenvalue weighted by Gasteiger charge is 2.13. The van der Waals surface area contributed by atoms with Crippen molar-refractivity contribution < 1.29 is 4.74 Å². The van der Waals surface area contributed by atoms with Gasteiger partial charge in [-0.05, 0) is 0 Å². The van der Waals surface area contributed by atoms with Crippen molar-refractivity contribution in [3.05, 3.63) is 35.9 Å². The zero-order valence-electron chi connectivity index (χ0n) is 5.97. The van der Waals surface area contributed by atoms with Crippen LogP contribution in [-0.4, -0.2) is 6.73 Å². The largest absolute Gasteiger partial charge is 0.326 e. The van der Waals surface area contributed by atoms with Gasteiger partial charge in [-0.2, -0.15) is 10.2 Å². The first kappa shape index (κ1) is 6.49. The van der Waals surface area contributed by atoms with E-state index < -0.39 is 0 Å². The second kappa shape index (κ2) is 2.80. The Morgan fingerprint density at radius 1 is 1.27 bits per heavy atom. The van der Waals surface area contributed by atoms with Crippen LogP contribution in [0.5, 0.6) is 0 Å². The minimum absolute atomic E-state index is 0.170. The quantitative estimate of drug-likeness (QED) is 0.600. The summed E-state index contributed by atoms with van der Waals surface area (Å²) in [6.45, 7) is 0.388. The highest BCUT2D eigenvalue weighted by Crippen LogP contribution is 2.22. The van der Waals surface area contributed by atoms with Crippen LogP contribution in [-0.2, 0) is 4.74 Å². The molecule has 56 valence electrons. The monoisotopic (exact) mass is 148 g/mol. The number of hydrogen-bond donors (Lipinski definition) is 0. The Bertz CT molecular complexity index is 258. The van der Waals surface area contributed by atoms with Crippen LogP contribution in [0.4, 0.5) is 0 Å². The minimum Gasteiger partial charge on any atom is -0.326 e. The third-order valence-corrected chi connectivity index (χ3v) is 1.56. The van der Waals surface area contributed by atoms with Gasteiger partial charge >= 0.3 is 0 Å². The van der Waals surface area contributed by atoms with Gasteiger partial charge in [-0.15, -0.1) is 0 Å². The van der Waals surface area contributed by atoms with Crippen LogP contribution in [0, 0.1) is 0 Å². The fourth-order valence-corrected chi connectivity index (χ4v) is 1.03. The second-order valence-electron chi connectivity index (χ2n) is 2.32. The summed E-state index contributed by atoms with van der Waals surface area (Å²) >= 11 is 0. The van der Waals surface area contributed by atoms with E-state index in [9.17, 15) is 0 Å². The Labute approximate surface area is 64.7 Å². The Hall–Kier alpha value is -1.22. The van der Waals surface area contributed by atoms with Crippen LogP contribution in [0.15, 0.2) is 40.6 Å². The molecule has 2 rings (SSSR count). The van der Waals surface area contributed by atoms with Crippen molar-refractivity contribution in [1.29, 1.82) is 0 Å². The van der Waals surface area contributed by atoms with Crippen molar-refractivity contribution in [1.82, 2.24) is 0 Å². The molecule has 0 saturated heterocycles. The van der Waals surface area contributed by atoms with E-state index in [2.05, 4.69) is 10.2 Å². The molecule has 1 aromatic rings. The smallest absolute Gasteiger partial charge is 0.196 e. The van der Waals surface area contributed by atoms with Gasteiger partial charge in [0.1, 0.15) is 0 Å². The summed E-state index contributed by atoms with van der Waals surface area (Å²) in [4.78, 5) is 0. The molecule has 0 N–H and O–H groups in total. The molecule has 1 atom stereocenters. The van der Waals surface area contributed by atoms with Gasteiger partial charge in [0, 0.05) is 5.56 Å². The van der Waals surface area contributed by atoms with Crippen LogP contribution >= 0.6 is 0 Å². The molecule has 1 aromatic carbocycles. The van der Waals surface area contributed by atoms with Gasteiger partial charge in [-0.25, -0.2) is 0 Å². The summed E-state index contributed by atoms with van der Waals surface area (Å²) in [5.41, 5.74) is 1.06. The minimum atomic E-state index is -0.170. The standard InChI is InChI=1S/C8H8N2O/c1-2-4-7(5-3-1)8-10-9-6-11-8/h1-5,8H,6H2. The topological polar surface area (TPSA) is 34.0 Å². The summed E-state index contributed by atoms with van der Waals surface area (Å²) < 4.78 is 5.21. The van der Waals surface area contributed by atoms with Crippen LogP contribution in [0.3, 0.4) is 0 Å². The zero-order valence-corrected chi connectivity index (χ0v) is 5.97. The number of ether oxygens (including phenoxy) is 1. The molecule has 1 heterocycles. The number of azo groups is 1. The average Bonchev–Trinajstić information content (AvgIpc) is 2.58. The van der Waals surface area contributed by atoms with Crippen LogP contribution in [0.1, 0.15) is 11.8 Å². The van der Waals surface area contributed by atoms with E-state index in [0.717, 1.165) is 5.56 Å². The number of hydrogen-bond acceptors (Lipinski definition) is 3. The van der Waals surface area contributed by atoms with Gasteiger partial charge in [0.2, 0.25) is 0 Å². The number of benzene rings is 1. The Morgan fingerprint density at radius 2 is 2.09 bits per heavy atom. The van der Waals surface area contributed by atoms with Crippen molar-refractivity contribution >= 4 is 0 Å². The first-order valence-electron chi connectivity index (χ1n) is 3.50. The molecule has 3 heteroatoms. The maximum Gasteiger partial charge on any atom is 0.196 e. The van der Waals surface area contributed by atoms with E-state index in [1.54, 1.807) is 0 Å². The second-order valence-corrected chi connectivity index (χ2v) is 2.32. The molecule has 1 aliphatic heterocycles. The molecule has 1 unspecified atom stereocenters. The van der Waals surface area contributed by atoms with E-state index in [4.69, 9.17) is 4.74 Å². The van der Waals surface area contributed by atoms with Gasteiger partial charge in [0.05, 0.1) is 0 Å². The van der Waals surface area contributed by atoms with E-state index in [1.165, 1.54) is 0 Å². The average molecular weight is 148 g/mol. The van der Waals surface area contributed by atoms with Crippen molar-refractivity contribution in [2.45, 2.75) is 6.23 Å². The maximum atomic E-state index is 5.21. The van der Waals surface area contributed by atoms with Gasteiger partial charge in [-0.1, -0.05) is 30.3 Å². The van der Waals surface area contributed by atoms with Crippen LogP contribution in [0.2, 0.25) is 0 Å². The predicted molar refractivity (Wildman–Crippen MR) is 40.0 cm³/mol. The molecule has 0 bridgehead atoms. The fraction of sp³-hybridized carbons (Fsp3) is 0.250. The molecule has 0 radical (unpaired) electrons. The van der Waals surface area contributed by atoms with Crippen LogP contribution in [0.25, 0.3) is 0 Å². The highest BCUT2D eigenvalue weighted by atomic mass is 16.5. The third-order valence-electron chi connectivity index (χ3n) is 1.56. The molecule has 0 aromatic heterocycles. The number of rotatable bonds is 1. The van der Waals surface area contributed by atoms with Crippen molar-refractivity contribution in [3.8, 4) is 0 Å². The molecule has 0 aliphatic carbocycles. The summed E-state index contributed by atoms with van der Waals surface area (Å²) in [6.07, 6.45) is -0.170. The fourth-order valence-electron chi connectivity index (χ4n) is 1.03. The Morgan fingerprint density at radius 3 is 2.73 bits per heavy atom. The zero-order chi connectivity index (χ0) is 7.52. The van der Waals surface area contributed by atoms with Crippen molar-refractivity contribution in [2.75, 3.05) is 6.73 Å². The molecule has 0 amide bonds. The molecule has 3 nitrogen and oxygen atoms in total. The summed E-state index contributed by atoms with van der Waals surface area (Å²) in [5, 5.41) is 7.65. The normalized spacial score (nSPS) is 22.4. The first-order valence-corrected chi connectivity index (χ1v) is 3.50. The molecular weight excluding hydrogens is 140 g/mol. The SMILES string of the molecule is c1ccc(C2N=NCO2)cc1. The molecule has 11 heavy (non-hydrogen) atoms. The maximum absolute atomic E-state index is 5.21. The lowest BCUT2D eigenvalue weighted by Crippen LogP contribution is -1.93. The van der Waals surface area contributed by atoms with Crippen LogP contribution < -0.4 is 0 Å². The molecule has 0 saturated carbocycles. The van der Waals surface area contributed by atoms with Gasteiger partial charge in [-0.3, -0.25) is 0 Å². The van der Waals surface area contributed by atoms with E-state index in [-0.39, 0.29) is 6.23 Å². The lowest BCUT2D eigenvalue weighted by atomic mass is 10.2. The van der Waals surface area contributed by atoms with Gasteiger partial charge < -0.3 is 4.74 Å². The van der Waals surface area contributed by atoms with E-state index >= 15 is 0 Å². The van der Waals surface area contributed by atoms with Crippen molar-refractivity contribution in [2.24, 2.45) is 10.2 Å². The highest BCUT2D eigenvalue weighted by molar-refractivity contribution is 5.17. The summed E-state index contributed by atoms with van der Waals surface area (Å²) in [7, 11) is 0. The molecule has 0 spiro atoms. The number of nitrogens with zero attached hydrogens (tertiary/aromatic N) is 2.